The van der Waals surface area contributed by atoms with Crippen LogP contribution in [0.5, 0.6) is 0 Å². The van der Waals surface area contributed by atoms with Crippen molar-refractivity contribution in [3.8, 4) is 0 Å². The van der Waals surface area contributed by atoms with E-state index in [4.69, 9.17) is 11.6 Å². The molecular weight excluding hydrogens is 236 g/mol. The summed E-state index contributed by atoms with van der Waals surface area (Å²) in [5, 5.41) is 8.92. The fourth-order valence-corrected chi connectivity index (χ4v) is 1.32. The van der Waals surface area contributed by atoms with Gasteiger partial charge in [0.2, 0.25) is 0 Å². The lowest BCUT2D eigenvalue weighted by Gasteiger charge is -2.27. The van der Waals surface area contributed by atoms with Crippen LogP contribution < -0.4 is 0 Å². The summed E-state index contributed by atoms with van der Waals surface area (Å²) in [6.07, 6.45) is -4.91. The van der Waals surface area contributed by atoms with Crippen LogP contribution in [0.4, 0.5) is 17.6 Å². The molecule has 1 nitrogen and oxygen atoms in total. The van der Waals surface area contributed by atoms with Crippen LogP contribution in [0.1, 0.15) is 12.5 Å². The minimum atomic E-state index is -4.91. The number of alkyl halides is 3. The Morgan fingerprint density at radius 1 is 1.27 bits per heavy atom. The minimum absolute atomic E-state index is 0.335. The molecule has 1 rings (SSSR count). The van der Waals surface area contributed by atoms with Crippen LogP contribution >= 0.6 is 11.6 Å². The van der Waals surface area contributed by atoms with Crippen LogP contribution in [0.3, 0.4) is 0 Å². The summed E-state index contributed by atoms with van der Waals surface area (Å²) in [7, 11) is 0. The average molecular weight is 243 g/mol. The first kappa shape index (κ1) is 12.3. The van der Waals surface area contributed by atoms with Gasteiger partial charge in [-0.2, -0.15) is 13.2 Å². The number of halogens is 5. The molecule has 6 heteroatoms. The lowest BCUT2D eigenvalue weighted by Crippen LogP contribution is -2.39. The third kappa shape index (κ3) is 2.23. The van der Waals surface area contributed by atoms with E-state index >= 15 is 0 Å². The maximum absolute atomic E-state index is 12.7. The Labute approximate surface area is 88.3 Å². The molecule has 1 aromatic carbocycles. The summed E-state index contributed by atoms with van der Waals surface area (Å²) >= 11 is 5.46. The predicted molar refractivity (Wildman–Crippen MR) is 47.0 cm³/mol. The molecule has 0 spiro atoms. The smallest absolute Gasteiger partial charge is 0.376 e. The summed E-state index contributed by atoms with van der Waals surface area (Å²) in [5.41, 5.74) is -3.86. The number of hydrogen-bond donors (Lipinski definition) is 1. The van der Waals surface area contributed by atoms with Crippen LogP contribution in [0, 0.1) is 5.82 Å². The molecular formula is C9H7ClF4O. The molecule has 0 radical (unpaired) electrons. The second-order valence-corrected chi connectivity index (χ2v) is 3.60. The van der Waals surface area contributed by atoms with Crippen molar-refractivity contribution in [2.75, 3.05) is 0 Å². The van der Waals surface area contributed by atoms with Crippen molar-refractivity contribution in [3.63, 3.8) is 0 Å². The van der Waals surface area contributed by atoms with Gasteiger partial charge in [-0.3, -0.25) is 0 Å². The van der Waals surface area contributed by atoms with Gasteiger partial charge < -0.3 is 5.11 Å². The van der Waals surface area contributed by atoms with Crippen molar-refractivity contribution in [2.24, 2.45) is 0 Å². The zero-order chi connectivity index (χ0) is 11.9. The van der Waals surface area contributed by atoms with E-state index in [1.54, 1.807) is 0 Å². The third-order valence-corrected chi connectivity index (χ3v) is 2.33. The van der Waals surface area contributed by atoms with Gasteiger partial charge in [-0.1, -0.05) is 11.6 Å². The van der Waals surface area contributed by atoms with E-state index < -0.39 is 23.2 Å². The van der Waals surface area contributed by atoms with Crippen molar-refractivity contribution in [1.29, 1.82) is 0 Å². The van der Waals surface area contributed by atoms with E-state index in [1.165, 1.54) is 0 Å². The van der Waals surface area contributed by atoms with Gasteiger partial charge in [0.25, 0.3) is 0 Å². The van der Waals surface area contributed by atoms with Crippen molar-refractivity contribution >= 4 is 11.6 Å². The predicted octanol–water partition coefficient (Wildman–Crippen LogP) is 3.25. The van der Waals surface area contributed by atoms with Gasteiger partial charge in [0.05, 0.1) is 0 Å². The van der Waals surface area contributed by atoms with Crippen molar-refractivity contribution in [3.05, 3.63) is 34.6 Å². The van der Waals surface area contributed by atoms with Crippen LogP contribution in [0.2, 0.25) is 5.02 Å². The Hall–Kier alpha value is -0.810. The Morgan fingerprint density at radius 2 is 1.80 bits per heavy atom. The summed E-state index contributed by atoms with van der Waals surface area (Å²) in [4.78, 5) is 0. The molecule has 1 N–H and O–H groups in total. The summed E-state index contributed by atoms with van der Waals surface area (Å²) in [6, 6.07) is 2.44. The Balaban J connectivity index is 3.32. The van der Waals surface area contributed by atoms with E-state index in [-0.39, 0.29) is 5.02 Å². The molecule has 84 valence electrons. The van der Waals surface area contributed by atoms with E-state index in [9.17, 15) is 22.7 Å². The summed E-state index contributed by atoms with van der Waals surface area (Å²) in [5.74, 6) is -0.890. The van der Waals surface area contributed by atoms with Crippen LogP contribution in [0.15, 0.2) is 18.2 Å². The molecule has 0 aliphatic rings. The Kier molecular flexibility index (Phi) is 2.98. The maximum atomic E-state index is 12.7. The molecule has 0 bridgehead atoms. The first-order valence-electron chi connectivity index (χ1n) is 3.91. The highest BCUT2D eigenvalue weighted by molar-refractivity contribution is 6.31. The number of hydrogen-bond acceptors (Lipinski definition) is 1. The highest BCUT2D eigenvalue weighted by atomic mass is 35.5. The van der Waals surface area contributed by atoms with E-state index in [2.05, 4.69) is 0 Å². The average Bonchev–Trinajstić information content (AvgIpc) is 2.07. The quantitative estimate of drug-likeness (QED) is 0.750. The summed E-state index contributed by atoms with van der Waals surface area (Å²) in [6.45, 7) is 0.521. The molecule has 15 heavy (non-hydrogen) atoms. The third-order valence-electron chi connectivity index (χ3n) is 2.00. The van der Waals surface area contributed by atoms with E-state index in [1.807, 2.05) is 0 Å². The van der Waals surface area contributed by atoms with Gasteiger partial charge in [0, 0.05) is 10.6 Å². The molecule has 0 aliphatic heterocycles. The standard InChI is InChI=1S/C9H7ClF4O/c1-8(15,9(12,13)14)6-4-5(11)2-3-7(6)10/h2-4,15H,1H3. The SMILES string of the molecule is CC(O)(c1cc(F)ccc1Cl)C(F)(F)F. The fraction of sp³-hybridized carbons (Fsp3) is 0.333. The lowest BCUT2D eigenvalue weighted by molar-refractivity contribution is -0.258. The molecule has 1 aromatic rings. The largest absolute Gasteiger partial charge is 0.421 e. The van der Waals surface area contributed by atoms with Crippen LogP contribution in [-0.2, 0) is 5.60 Å². The first-order valence-corrected chi connectivity index (χ1v) is 4.28. The molecule has 1 atom stereocenters. The highest BCUT2D eigenvalue weighted by Crippen LogP contribution is 2.41. The zero-order valence-electron chi connectivity index (χ0n) is 7.57. The first-order chi connectivity index (χ1) is 6.66. The van der Waals surface area contributed by atoms with Crippen LogP contribution in [0.25, 0.3) is 0 Å². The number of rotatable bonds is 1. The molecule has 0 aromatic heterocycles. The van der Waals surface area contributed by atoms with Crippen molar-refractivity contribution < 1.29 is 22.7 Å². The molecule has 1 unspecified atom stereocenters. The molecule has 0 saturated heterocycles. The fourth-order valence-electron chi connectivity index (χ4n) is 1.02. The van der Waals surface area contributed by atoms with Crippen molar-refractivity contribution in [2.45, 2.75) is 18.7 Å². The molecule has 0 saturated carbocycles. The molecule has 0 aliphatic carbocycles. The van der Waals surface area contributed by atoms with Gasteiger partial charge in [0.15, 0.2) is 5.60 Å². The van der Waals surface area contributed by atoms with Crippen molar-refractivity contribution in [1.82, 2.24) is 0 Å². The van der Waals surface area contributed by atoms with Crippen LogP contribution in [-0.4, -0.2) is 11.3 Å². The van der Waals surface area contributed by atoms with Gasteiger partial charge in [0.1, 0.15) is 5.82 Å². The molecule has 0 heterocycles. The second-order valence-electron chi connectivity index (χ2n) is 3.19. The molecule has 0 amide bonds. The highest BCUT2D eigenvalue weighted by Gasteiger charge is 2.52. The summed E-state index contributed by atoms with van der Waals surface area (Å²) < 4.78 is 49.9. The van der Waals surface area contributed by atoms with Gasteiger partial charge >= 0.3 is 6.18 Å². The topological polar surface area (TPSA) is 20.2 Å². The number of benzene rings is 1. The molecule has 0 fully saturated rings. The Morgan fingerprint density at radius 3 is 2.27 bits per heavy atom. The van der Waals surface area contributed by atoms with Gasteiger partial charge in [-0.15, -0.1) is 0 Å². The minimum Gasteiger partial charge on any atom is -0.376 e. The van der Waals surface area contributed by atoms with Gasteiger partial charge in [-0.05, 0) is 25.1 Å². The second kappa shape index (κ2) is 3.64. The van der Waals surface area contributed by atoms with E-state index in [0.29, 0.717) is 13.0 Å². The normalized spacial score (nSPS) is 16.2. The number of aliphatic hydroxyl groups is 1. The van der Waals surface area contributed by atoms with Gasteiger partial charge in [-0.25, -0.2) is 4.39 Å². The monoisotopic (exact) mass is 242 g/mol. The Bertz CT molecular complexity index is 373. The lowest BCUT2D eigenvalue weighted by atomic mass is 9.95. The van der Waals surface area contributed by atoms with E-state index in [0.717, 1.165) is 12.1 Å². The zero-order valence-corrected chi connectivity index (χ0v) is 8.33. The maximum Gasteiger partial charge on any atom is 0.421 e.